The van der Waals surface area contributed by atoms with Gasteiger partial charge in [0.05, 0.1) is 11.4 Å². The quantitative estimate of drug-likeness (QED) is 0.729. The van der Waals surface area contributed by atoms with Gasteiger partial charge in [-0.15, -0.1) is 0 Å². The Balaban J connectivity index is 2.81. The Kier molecular flexibility index (Phi) is 4.37. The van der Waals surface area contributed by atoms with E-state index in [2.05, 4.69) is 0 Å². The highest BCUT2D eigenvalue weighted by molar-refractivity contribution is 5.67. The summed E-state index contributed by atoms with van der Waals surface area (Å²) in [6.07, 6.45) is 0.685. The molecular weight excluding hydrogens is 195 g/mol. The van der Waals surface area contributed by atoms with Crippen LogP contribution >= 0.6 is 0 Å². The minimum Gasteiger partial charge on any atom is -0.397 e. The van der Waals surface area contributed by atoms with Crippen molar-refractivity contribution < 1.29 is 9.50 Å². The third-order valence-electron chi connectivity index (χ3n) is 2.30. The van der Waals surface area contributed by atoms with Gasteiger partial charge in [0.15, 0.2) is 0 Å². The Bertz CT molecular complexity index is 317. The maximum absolute atomic E-state index is 12.8. The van der Waals surface area contributed by atoms with E-state index in [0.717, 1.165) is 18.8 Å². The molecule has 0 unspecified atom stereocenters. The van der Waals surface area contributed by atoms with E-state index in [1.165, 1.54) is 12.1 Å². The Hall–Kier alpha value is -1.29. The second-order valence-corrected chi connectivity index (χ2v) is 3.36. The standard InChI is InChI=1S/C11H17FN2O/c1-2-14(6-3-7-15)11-5-4-9(12)8-10(11)13/h4-5,8,15H,2-3,6-7,13H2,1H3. The number of anilines is 2. The molecule has 0 bridgehead atoms. The number of hydrogen-bond acceptors (Lipinski definition) is 3. The smallest absolute Gasteiger partial charge is 0.125 e. The Morgan fingerprint density at radius 1 is 1.47 bits per heavy atom. The van der Waals surface area contributed by atoms with Crippen LogP contribution in [-0.4, -0.2) is 24.8 Å². The van der Waals surface area contributed by atoms with E-state index in [1.54, 1.807) is 6.07 Å². The fourth-order valence-corrected chi connectivity index (χ4v) is 1.52. The third-order valence-corrected chi connectivity index (χ3v) is 2.30. The van der Waals surface area contributed by atoms with Crippen molar-refractivity contribution in [3.05, 3.63) is 24.0 Å². The molecule has 0 aliphatic rings. The van der Waals surface area contributed by atoms with E-state index in [-0.39, 0.29) is 12.4 Å². The number of halogens is 1. The van der Waals surface area contributed by atoms with Crippen LogP contribution in [0.25, 0.3) is 0 Å². The molecule has 0 aliphatic carbocycles. The van der Waals surface area contributed by atoms with Gasteiger partial charge in [0.1, 0.15) is 5.82 Å². The van der Waals surface area contributed by atoms with Crippen LogP contribution < -0.4 is 10.6 Å². The van der Waals surface area contributed by atoms with Crippen molar-refractivity contribution in [2.24, 2.45) is 0 Å². The summed E-state index contributed by atoms with van der Waals surface area (Å²) >= 11 is 0. The van der Waals surface area contributed by atoms with E-state index < -0.39 is 0 Å². The summed E-state index contributed by atoms with van der Waals surface area (Å²) < 4.78 is 12.8. The van der Waals surface area contributed by atoms with E-state index in [9.17, 15) is 4.39 Å². The van der Waals surface area contributed by atoms with E-state index >= 15 is 0 Å². The van der Waals surface area contributed by atoms with Crippen molar-refractivity contribution >= 4 is 11.4 Å². The largest absolute Gasteiger partial charge is 0.397 e. The fraction of sp³-hybridized carbons (Fsp3) is 0.455. The summed E-state index contributed by atoms with van der Waals surface area (Å²) in [5, 5.41) is 8.75. The zero-order valence-corrected chi connectivity index (χ0v) is 8.91. The first-order valence-corrected chi connectivity index (χ1v) is 5.10. The summed E-state index contributed by atoms with van der Waals surface area (Å²) in [7, 11) is 0. The maximum Gasteiger partial charge on any atom is 0.125 e. The number of benzene rings is 1. The number of aliphatic hydroxyl groups is 1. The number of nitrogens with two attached hydrogens (primary N) is 1. The first-order chi connectivity index (χ1) is 7.19. The van der Waals surface area contributed by atoms with Crippen LogP contribution in [0.2, 0.25) is 0 Å². The lowest BCUT2D eigenvalue weighted by molar-refractivity contribution is 0.289. The SMILES string of the molecule is CCN(CCCO)c1ccc(F)cc1N. The molecule has 0 fully saturated rings. The monoisotopic (exact) mass is 212 g/mol. The van der Waals surface area contributed by atoms with Crippen molar-refractivity contribution in [2.75, 3.05) is 30.3 Å². The molecule has 3 nitrogen and oxygen atoms in total. The summed E-state index contributed by atoms with van der Waals surface area (Å²) in [5.41, 5.74) is 6.99. The van der Waals surface area contributed by atoms with Crippen LogP contribution in [0.5, 0.6) is 0 Å². The normalized spacial score (nSPS) is 10.3. The van der Waals surface area contributed by atoms with E-state index in [0.29, 0.717) is 12.1 Å². The average Bonchev–Trinajstić information content (AvgIpc) is 2.21. The first kappa shape index (κ1) is 11.8. The Morgan fingerprint density at radius 3 is 2.73 bits per heavy atom. The molecule has 0 radical (unpaired) electrons. The predicted octanol–water partition coefficient (Wildman–Crippen LogP) is 1.62. The highest BCUT2D eigenvalue weighted by atomic mass is 19.1. The molecule has 0 heterocycles. The van der Waals surface area contributed by atoms with Crippen LogP contribution in [0.4, 0.5) is 15.8 Å². The van der Waals surface area contributed by atoms with Crippen molar-refractivity contribution in [1.29, 1.82) is 0 Å². The molecule has 15 heavy (non-hydrogen) atoms. The van der Waals surface area contributed by atoms with Gasteiger partial charge in [0.25, 0.3) is 0 Å². The van der Waals surface area contributed by atoms with Crippen molar-refractivity contribution in [2.45, 2.75) is 13.3 Å². The van der Waals surface area contributed by atoms with E-state index in [4.69, 9.17) is 10.8 Å². The maximum atomic E-state index is 12.8. The molecule has 0 spiro atoms. The summed E-state index contributed by atoms with van der Waals surface area (Å²) in [6.45, 7) is 3.66. The van der Waals surface area contributed by atoms with Gasteiger partial charge in [-0.05, 0) is 31.5 Å². The molecule has 0 saturated heterocycles. The minimum absolute atomic E-state index is 0.150. The Morgan fingerprint density at radius 2 is 2.20 bits per heavy atom. The van der Waals surface area contributed by atoms with Crippen molar-refractivity contribution in [3.8, 4) is 0 Å². The van der Waals surface area contributed by atoms with Crippen LogP contribution in [0.15, 0.2) is 18.2 Å². The molecule has 0 aliphatic heterocycles. The fourth-order valence-electron chi connectivity index (χ4n) is 1.52. The van der Waals surface area contributed by atoms with Gasteiger partial charge in [0.2, 0.25) is 0 Å². The molecule has 84 valence electrons. The predicted molar refractivity (Wildman–Crippen MR) is 60.4 cm³/mol. The number of nitrogens with zero attached hydrogens (tertiary/aromatic N) is 1. The molecule has 4 heteroatoms. The summed E-state index contributed by atoms with van der Waals surface area (Å²) in [5.74, 6) is -0.325. The summed E-state index contributed by atoms with van der Waals surface area (Å²) in [6, 6.07) is 4.38. The third kappa shape index (κ3) is 3.09. The van der Waals surface area contributed by atoms with Gasteiger partial charge in [-0.25, -0.2) is 4.39 Å². The zero-order valence-electron chi connectivity index (χ0n) is 8.91. The average molecular weight is 212 g/mol. The molecule has 1 aromatic rings. The van der Waals surface area contributed by atoms with Crippen LogP contribution in [0, 0.1) is 5.82 Å². The molecule has 1 rings (SSSR count). The van der Waals surface area contributed by atoms with Crippen molar-refractivity contribution in [1.82, 2.24) is 0 Å². The first-order valence-electron chi connectivity index (χ1n) is 5.10. The van der Waals surface area contributed by atoms with Crippen LogP contribution in [0.3, 0.4) is 0 Å². The lowest BCUT2D eigenvalue weighted by atomic mass is 10.2. The van der Waals surface area contributed by atoms with Gasteiger partial charge in [-0.1, -0.05) is 0 Å². The molecular formula is C11H17FN2O. The Labute approximate surface area is 89.3 Å². The number of aliphatic hydroxyl groups excluding tert-OH is 1. The van der Waals surface area contributed by atoms with Gasteiger partial charge in [-0.2, -0.15) is 0 Å². The molecule has 0 aromatic heterocycles. The number of nitrogen functional groups attached to an aromatic ring is 1. The van der Waals surface area contributed by atoms with Gasteiger partial charge >= 0.3 is 0 Å². The number of rotatable bonds is 5. The molecule has 0 saturated carbocycles. The van der Waals surface area contributed by atoms with E-state index in [1.807, 2.05) is 11.8 Å². The van der Waals surface area contributed by atoms with Gasteiger partial charge < -0.3 is 15.7 Å². The second kappa shape index (κ2) is 5.56. The second-order valence-electron chi connectivity index (χ2n) is 3.36. The highest BCUT2D eigenvalue weighted by Crippen LogP contribution is 2.23. The summed E-state index contributed by atoms with van der Waals surface area (Å²) in [4.78, 5) is 2.02. The molecule has 0 amide bonds. The molecule has 0 atom stereocenters. The minimum atomic E-state index is -0.325. The topological polar surface area (TPSA) is 49.5 Å². The van der Waals surface area contributed by atoms with Crippen LogP contribution in [-0.2, 0) is 0 Å². The highest BCUT2D eigenvalue weighted by Gasteiger charge is 2.07. The number of hydrogen-bond donors (Lipinski definition) is 2. The lowest BCUT2D eigenvalue weighted by Crippen LogP contribution is -2.25. The lowest BCUT2D eigenvalue weighted by Gasteiger charge is -2.24. The molecule has 1 aromatic carbocycles. The van der Waals surface area contributed by atoms with Crippen molar-refractivity contribution in [3.63, 3.8) is 0 Å². The zero-order chi connectivity index (χ0) is 11.3. The van der Waals surface area contributed by atoms with Gasteiger partial charge in [-0.3, -0.25) is 0 Å². The van der Waals surface area contributed by atoms with Crippen LogP contribution in [0.1, 0.15) is 13.3 Å². The molecule has 3 N–H and O–H groups in total. The van der Waals surface area contributed by atoms with Gasteiger partial charge in [0, 0.05) is 19.7 Å².